The van der Waals surface area contributed by atoms with Gasteiger partial charge in [0.1, 0.15) is 0 Å². The fraction of sp³-hybridized carbons (Fsp3) is 0.786. The van der Waals surface area contributed by atoms with Crippen LogP contribution in [-0.2, 0) is 13.5 Å². The molecule has 1 heterocycles. The molecule has 1 rings (SSSR count). The Morgan fingerprint density at radius 1 is 1.41 bits per heavy atom. The first-order valence-corrected chi connectivity index (χ1v) is 6.54. The zero-order chi connectivity index (χ0) is 13.1. The minimum Gasteiger partial charge on any atom is -0.314 e. The van der Waals surface area contributed by atoms with Crippen LogP contribution in [0.4, 0.5) is 0 Å². The molecular formula is C14H27N3. The highest BCUT2D eigenvalue weighted by Gasteiger charge is 2.19. The van der Waals surface area contributed by atoms with Crippen LogP contribution in [0.5, 0.6) is 0 Å². The van der Waals surface area contributed by atoms with Crippen LogP contribution in [0.1, 0.15) is 45.5 Å². The Bertz CT molecular complexity index is 347. The van der Waals surface area contributed by atoms with E-state index in [1.165, 1.54) is 12.1 Å². The van der Waals surface area contributed by atoms with Crippen LogP contribution in [0.15, 0.2) is 6.07 Å². The molecule has 3 heteroatoms. The summed E-state index contributed by atoms with van der Waals surface area (Å²) in [6.45, 7) is 12.1. The van der Waals surface area contributed by atoms with Crippen LogP contribution in [-0.4, -0.2) is 22.4 Å². The van der Waals surface area contributed by atoms with Gasteiger partial charge in [-0.15, -0.1) is 0 Å². The van der Waals surface area contributed by atoms with Gasteiger partial charge in [0.05, 0.1) is 5.69 Å². The van der Waals surface area contributed by atoms with Gasteiger partial charge in [-0.05, 0) is 31.4 Å². The summed E-state index contributed by atoms with van der Waals surface area (Å²) in [6.07, 6.45) is 2.24. The van der Waals surface area contributed by atoms with Crippen LogP contribution in [0.3, 0.4) is 0 Å². The van der Waals surface area contributed by atoms with Crippen molar-refractivity contribution in [1.29, 1.82) is 0 Å². The van der Waals surface area contributed by atoms with E-state index >= 15 is 0 Å². The van der Waals surface area contributed by atoms with E-state index in [0.717, 1.165) is 18.7 Å². The SMILES string of the molecule is CCNC(Cc1cc(C)nn1C)CC(C)(C)C. The lowest BCUT2D eigenvalue weighted by atomic mass is 9.86. The van der Waals surface area contributed by atoms with Gasteiger partial charge in [0, 0.05) is 25.2 Å². The van der Waals surface area contributed by atoms with Crippen molar-refractivity contribution in [2.75, 3.05) is 6.54 Å². The molecule has 3 nitrogen and oxygen atoms in total. The Morgan fingerprint density at radius 3 is 2.47 bits per heavy atom. The molecule has 1 aromatic rings. The lowest BCUT2D eigenvalue weighted by Gasteiger charge is -2.26. The second kappa shape index (κ2) is 5.67. The van der Waals surface area contributed by atoms with Gasteiger partial charge >= 0.3 is 0 Å². The third-order valence-electron chi connectivity index (χ3n) is 2.91. The van der Waals surface area contributed by atoms with Crippen LogP contribution in [0.25, 0.3) is 0 Å². The molecule has 1 unspecified atom stereocenters. The molecule has 0 spiro atoms. The maximum Gasteiger partial charge on any atom is 0.0596 e. The molecule has 98 valence electrons. The average molecular weight is 237 g/mol. The lowest BCUT2D eigenvalue weighted by molar-refractivity contribution is 0.306. The Morgan fingerprint density at radius 2 is 2.06 bits per heavy atom. The summed E-state index contributed by atoms with van der Waals surface area (Å²) in [7, 11) is 2.03. The van der Waals surface area contributed by atoms with Crippen LogP contribution >= 0.6 is 0 Å². The van der Waals surface area contributed by atoms with Gasteiger partial charge < -0.3 is 5.32 Å². The van der Waals surface area contributed by atoms with E-state index < -0.39 is 0 Å². The Hall–Kier alpha value is -0.830. The summed E-state index contributed by atoms with van der Waals surface area (Å²) in [5.41, 5.74) is 2.78. The van der Waals surface area contributed by atoms with Crippen molar-refractivity contribution in [1.82, 2.24) is 15.1 Å². The van der Waals surface area contributed by atoms with Gasteiger partial charge in [0.25, 0.3) is 0 Å². The number of rotatable bonds is 5. The highest BCUT2D eigenvalue weighted by molar-refractivity contribution is 5.10. The lowest BCUT2D eigenvalue weighted by Crippen LogP contribution is -2.35. The third-order valence-corrected chi connectivity index (χ3v) is 2.91. The predicted octanol–water partition coefficient (Wildman–Crippen LogP) is 2.69. The first kappa shape index (κ1) is 14.2. The minimum absolute atomic E-state index is 0.362. The maximum atomic E-state index is 4.41. The molecule has 0 aliphatic carbocycles. The highest BCUT2D eigenvalue weighted by Crippen LogP contribution is 2.22. The molecule has 0 amide bonds. The van der Waals surface area contributed by atoms with Crippen LogP contribution < -0.4 is 5.32 Å². The molecule has 0 aromatic carbocycles. The van der Waals surface area contributed by atoms with E-state index in [-0.39, 0.29) is 0 Å². The number of hydrogen-bond donors (Lipinski definition) is 1. The standard InChI is InChI=1S/C14H27N3/c1-7-15-12(10-14(3,4)5)9-13-8-11(2)16-17(13)6/h8,12,15H,7,9-10H2,1-6H3. The highest BCUT2D eigenvalue weighted by atomic mass is 15.3. The van der Waals surface area contributed by atoms with Crippen LogP contribution in [0, 0.1) is 12.3 Å². The van der Waals surface area contributed by atoms with Crippen molar-refractivity contribution in [2.45, 2.75) is 53.5 Å². The summed E-state index contributed by atoms with van der Waals surface area (Å²) in [5.74, 6) is 0. The van der Waals surface area contributed by atoms with Gasteiger partial charge in [0.2, 0.25) is 0 Å². The van der Waals surface area contributed by atoms with E-state index in [1.807, 2.05) is 11.7 Å². The predicted molar refractivity (Wildman–Crippen MR) is 73.2 cm³/mol. The molecule has 0 aliphatic heterocycles. The second-order valence-electron chi connectivity index (χ2n) is 6.12. The number of aryl methyl sites for hydroxylation is 2. The van der Waals surface area contributed by atoms with Crippen molar-refractivity contribution in [3.8, 4) is 0 Å². The topological polar surface area (TPSA) is 29.9 Å². The number of likely N-dealkylation sites (N-methyl/N-ethyl adjacent to an activating group) is 1. The van der Waals surface area contributed by atoms with Crippen molar-refractivity contribution < 1.29 is 0 Å². The second-order valence-corrected chi connectivity index (χ2v) is 6.12. The number of aromatic nitrogens is 2. The van der Waals surface area contributed by atoms with Gasteiger partial charge in [-0.1, -0.05) is 27.7 Å². The maximum absolute atomic E-state index is 4.41. The van der Waals surface area contributed by atoms with Crippen molar-refractivity contribution >= 4 is 0 Å². The summed E-state index contributed by atoms with van der Waals surface area (Å²) >= 11 is 0. The van der Waals surface area contributed by atoms with Gasteiger partial charge in [-0.2, -0.15) is 5.10 Å². The normalized spacial score (nSPS) is 14.0. The average Bonchev–Trinajstić information content (AvgIpc) is 2.42. The monoisotopic (exact) mass is 237 g/mol. The first-order chi connectivity index (χ1) is 7.81. The fourth-order valence-electron chi connectivity index (χ4n) is 2.35. The smallest absolute Gasteiger partial charge is 0.0596 e. The number of nitrogens with one attached hydrogen (secondary N) is 1. The Balaban J connectivity index is 2.69. The molecule has 0 radical (unpaired) electrons. The van der Waals surface area contributed by atoms with E-state index in [9.17, 15) is 0 Å². The third kappa shape index (κ3) is 4.90. The van der Waals surface area contributed by atoms with E-state index in [1.54, 1.807) is 0 Å². The first-order valence-electron chi connectivity index (χ1n) is 6.54. The Labute approximate surface area is 106 Å². The largest absolute Gasteiger partial charge is 0.314 e. The molecule has 1 atom stereocenters. The molecule has 0 fully saturated rings. The molecule has 1 aromatic heterocycles. The summed E-state index contributed by atoms with van der Waals surface area (Å²) in [5, 5.41) is 7.99. The van der Waals surface area contributed by atoms with E-state index in [4.69, 9.17) is 0 Å². The minimum atomic E-state index is 0.362. The van der Waals surface area contributed by atoms with Gasteiger partial charge in [-0.3, -0.25) is 4.68 Å². The van der Waals surface area contributed by atoms with Crippen molar-refractivity contribution in [3.63, 3.8) is 0 Å². The molecule has 1 N–H and O–H groups in total. The zero-order valence-electron chi connectivity index (χ0n) is 12.2. The van der Waals surface area contributed by atoms with Crippen molar-refractivity contribution in [2.24, 2.45) is 12.5 Å². The van der Waals surface area contributed by atoms with Crippen LogP contribution in [0.2, 0.25) is 0 Å². The van der Waals surface area contributed by atoms with Gasteiger partial charge in [-0.25, -0.2) is 0 Å². The summed E-state index contributed by atoms with van der Waals surface area (Å²) in [4.78, 5) is 0. The fourth-order valence-corrected chi connectivity index (χ4v) is 2.35. The molecule has 0 bridgehead atoms. The molecule has 17 heavy (non-hydrogen) atoms. The van der Waals surface area contributed by atoms with Crippen molar-refractivity contribution in [3.05, 3.63) is 17.5 Å². The van der Waals surface area contributed by atoms with Gasteiger partial charge in [0.15, 0.2) is 0 Å². The molecule has 0 saturated heterocycles. The van der Waals surface area contributed by atoms with E-state index in [0.29, 0.717) is 11.5 Å². The number of hydrogen-bond acceptors (Lipinski definition) is 2. The summed E-state index contributed by atoms with van der Waals surface area (Å²) < 4.78 is 2.00. The quantitative estimate of drug-likeness (QED) is 0.853. The molecular weight excluding hydrogens is 210 g/mol. The summed E-state index contributed by atoms with van der Waals surface area (Å²) in [6, 6.07) is 2.72. The Kier molecular flexibility index (Phi) is 4.75. The van der Waals surface area contributed by atoms with E-state index in [2.05, 4.69) is 51.1 Å². The number of nitrogens with zero attached hydrogens (tertiary/aromatic N) is 2. The molecule has 0 aliphatic rings. The molecule has 0 saturated carbocycles. The zero-order valence-corrected chi connectivity index (χ0v) is 12.2.